The van der Waals surface area contributed by atoms with Crippen molar-refractivity contribution in [1.82, 2.24) is 10.2 Å². The first-order valence-corrected chi connectivity index (χ1v) is 16.0. The molecule has 0 unspecified atom stereocenters. The Labute approximate surface area is 249 Å². The highest BCUT2D eigenvalue weighted by atomic mass is 35.5. The van der Waals surface area contributed by atoms with E-state index in [1.54, 1.807) is 30.3 Å². The highest BCUT2D eigenvalue weighted by Gasteiger charge is 2.34. The van der Waals surface area contributed by atoms with Crippen LogP contribution in [0.4, 0.5) is 5.69 Å². The second-order valence-electron chi connectivity index (χ2n) is 10.9. The number of nitrogens with one attached hydrogen (secondary N) is 1. The zero-order chi connectivity index (χ0) is 30.2. The molecule has 41 heavy (non-hydrogen) atoms. The van der Waals surface area contributed by atoms with Crippen LogP contribution >= 0.6 is 11.6 Å². The number of hydrogen-bond acceptors (Lipinski definition) is 4. The van der Waals surface area contributed by atoms with E-state index in [2.05, 4.69) is 5.32 Å². The van der Waals surface area contributed by atoms with Gasteiger partial charge in [-0.2, -0.15) is 0 Å². The molecule has 0 aliphatic rings. The van der Waals surface area contributed by atoms with Crippen LogP contribution in [0, 0.1) is 5.92 Å². The first kappa shape index (κ1) is 32.2. The van der Waals surface area contributed by atoms with Crippen molar-refractivity contribution in [3.05, 3.63) is 101 Å². The Morgan fingerprint density at radius 1 is 0.878 bits per heavy atom. The number of carbonyl (C=O) groups excluding carboxylic acids is 2. The molecule has 0 heterocycles. The molecule has 0 radical (unpaired) electrons. The summed E-state index contributed by atoms with van der Waals surface area (Å²) in [5.74, 6) is -0.583. The van der Waals surface area contributed by atoms with Gasteiger partial charge >= 0.3 is 0 Å². The molecule has 1 N–H and O–H groups in total. The van der Waals surface area contributed by atoms with Gasteiger partial charge in [0.2, 0.25) is 21.8 Å². The van der Waals surface area contributed by atoms with Crippen LogP contribution in [0.25, 0.3) is 0 Å². The second-order valence-corrected chi connectivity index (χ2v) is 13.3. The lowest BCUT2D eigenvalue weighted by molar-refractivity contribution is -0.140. The maximum absolute atomic E-state index is 14.2. The molecule has 7 nitrogen and oxygen atoms in total. The zero-order valence-electron chi connectivity index (χ0n) is 24.4. The monoisotopic (exact) mass is 597 g/mol. The van der Waals surface area contributed by atoms with Gasteiger partial charge in [0.1, 0.15) is 12.6 Å². The highest BCUT2D eigenvalue weighted by molar-refractivity contribution is 7.92. The summed E-state index contributed by atoms with van der Waals surface area (Å²) in [6, 6.07) is 22.9. The van der Waals surface area contributed by atoms with E-state index < -0.39 is 28.5 Å². The van der Waals surface area contributed by atoms with E-state index in [4.69, 9.17) is 11.6 Å². The molecule has 0 aromatic heterocycles. The lowest BCUT2D eigenvalue weighted by Gasteiger charge is -2.34. The molecule has 0 aliphatic heterocycles. The Balaban J connectivity index is 2.10. The summed E-state index contributed by atoms with van der Waals surface area (Å²) in [7, 11) is -3.85. The number of para-hydroxylation sites is 1. The summed E-state index contributed by atoms with van der Waals surface area (Å²) in [6.07, 6.45) is 1.34. The van der Waals surface area contributed by atoms with Crippen molar-refractivity contribution in [2.24, 2.45) is 5.92 Å². The molecule has 0 saturated heterocycles. The normalized spacial score (nSPS) is 12.3. The van der Waals surface area contributed by atoms with Crippen molar-refractivity contribution < 1.29 is 18.0 Å². The highest BCUT2D eigenvalue weighted by Crippen LogP contribution is 2.29. The third kappa shape index (κ3) is 9.07. The summed E-state index contributed by atoms with van der Waals surface area (Å²) in [6.45, 7) is 7.95. The van der Waals surface area contributed by atoms with E-state index in [0.717, 1.165) is 21.7 Å². The minimum absolute atomic E-state index is 0.0254. The molecule has 2 amide bonds. The molecule has 0 aliphatic carbocycles. The maximum atomic E-state index is 14.2. The van der Waals surface area contributed by atoms with E-state index in [0.29, 0.717) is 22.8 Å². The molecule has 3 aromatic rings. The number of sulfonamides is 1. The number of benzene rings is 3. The summed E-state index contributed by atoms with van der Waals surface area (Å²) >= 11 is 6.51. The van der Waals surface area contributed by atoms with Gasteiger partial charge in [-0.1, -0.05) is 106 Å². The average molecular weight is 598 g/mol. The number of amides is 2. The van der Waals surface area contributed by atoms with Crippen LogP contribution in [0.3, 0.4) is 0 Å². The average Bonchev–Trinajstić information content (AvgIpc) is 2.93. The van der Waals surface area contributed by atoms with Crippen molar-refractivity contribution in [3.63, 3.8) is 0 Å². The van der Waals surface area contributed by atoms with Crippen LogP contribution < -0.4 is 9.62 Å². The Morgan fingerprint density at radius 2 is 1.49 bits per heavy atom. The Morgan fingerprint density at radius 3 is 2.10 bits per heavy atom. The van der Waals surface area contributed by atoms with Gasteiger partial charge in [-0.3, -0.25) is 13.9 Å². The molecule has 220 valence electrons. The maximum Gasteiger partial charge on any atom is 0.244 e. The van der Waals surface area contributed by atoms with Crippen molar-refractivity contribution >= 4 is 39.1 Å². The Kier molecular flexibility index (Phi) is 11.4. The van der Waals surface area contributed by atoms with Crippen LogP contribution in [0.15, 0.2) is 78.9 Å². The Bertz CT molecular complexity index is 1430. The predicted octanol–water partition coefficient (Wildman–Crippen LogP) is 5.64. The van der Waals surface area contributed by atoms with Gasteiger partial charge in [0.15, 0.2) is 0 Å². The smallest absolute Gasteiger partial charge is 0.244 e. The molecule has 1 atom stereocenters. The minimum Gasteiger partial charge on any atom is -0.354 e. The molecule has 0 saturated carbocycles. The van der Waals surface area contributed by atoms with Crippen LogP contribution in [0.5, 0.6) is 0 Å². The molecular weight excluding hydrogens is 558 g/mol. The van der Waals surface area contributed by atoms with Gasteiger partial charge in [0.25, 0.3) is 0 Å². The van der Waals surface area contributed by atoms with E-state index in [1.165, 1.54) is 4.90 Å². The summed E-state index contributed by atoms with van der Waals surface area (Å²) in [5, 5.41) is 3.43. The molecule has 3 rings (SSSR count). The number of carbonyl (C=O) groups is 2. The number of halogens is 1. The van der Waals surface area contributed by atoms with Crippen LogP contribution in [0.1, 0.15) is 50.3 Å². The van der Waals surface area contributed by atoms with Gasteiger partial charge in [0, 0.05) is 24.5 Å². The van der Waals surface area contributed by atoms with E-state index in [-0.39, 0.29) is 30.7 Å². The van der Waals surface area contributed by atoms with Crippen LogP contribution in [-0.2, 0) is 32.6 Å². The molecule has 0 fully saturated rings. The number of hydrogen-bond donors (Lipinski definition) is 1. The van der Waals surface area contributed by atoms with Crippen molar-refractivity contribution in [3.8, 4) is 0 Å². The quantitative estimate of drug-likeness (QED) is 0.276. The third-order valence-corrected chi connectivity index (χ3v) is 8.26. The lowest BCUT2D eigenvalue weighted by atomic mass is 10.0. The number of nitrogens with zero attached hydrogens (tertiary/aromatic N) is 2. The molecular formula is C32H40ClN3O4S. The van der Waals surface area contributed by atoms with E-state index in [1.807, 2.05) is 76.2 Å². The van der Waals surface area contributed by atoms with Crippen molar-refractivity contribution in [1.29, 1.82) is 0 Å². The van der Waals surface area contributed by atoms with Gasteiger partial charge in [-0.15, -0.1) is 0 Å². The van der Waals surface area contributed by atoms with Crippen molar-refractivity contribution in [2.45, 2.75) is 52.6 Å². The van der Waals surface area contributed by atoms with E-state index >= 15 is 0 Å². The number of rotatable bonds is 13. The standard InChI is InChI=1S/C32H40ClN3O4S/c1-23(2)20-34-32(38)30(19-25-13-7-6-8-14-25)35(21-26-15-9-11-17-28(26)33)31(37)22-36(41(5,39)40)29-18-12-10-16-27(29)24(3)4/h6-18,23-24,30H,19-22H2,1-5H3,(H,34,38)/t30-/m0/s1. The summed E-state index contributed by atoms with van der Waals surface area (Å²) in [4.78, 5) is 29.4. The first-order chi connectivity index (χ1) is 19.4. The fourth-order valence-electron chi connectivity index (χ4n) is 4.58. The topological polar surface area (TPSA) is 86.8 Å². The van der Waals surface area contributed by atoms with Gasteiger partial charge in [-0.05, 0) is 40.7 Å². The van der Waals surface area contributed by atoms with Gasteiger partial charge in [0.05, 0.1) is 11.9 Å². The van der Waals surface area contributed by atoms with Crippen molar-refractivity contribution in [2.75, 3.05) is 23.7 Å². The molecule has 9 heteroatoms. The third-order valence-electron chi connectivity index (χ3n) is 6.76. The summed E-state index contributed by atoms with van der Waals surface area (Å²) < 4.78 is 27.3. The fraction of sp³-hybridized carbons (Fsp3) is 0.375. The summed E-state index contributed by atoms with van der Waals surface area (Å²) in [5.41, 5.74) is 2.78. The number of anilines is 1. The lowest BCUT2D eigenvalue weighted by Crippen LogP contribution is -2.53. The van der Waals surface area contributed by atoms with Crippen LogP contribution in [-0.4, -0.2) is 50.5 Å². The van der Waals surface area contributed by atoms with E-state index in [9.17, 15) is 18.0 Å². The second kappa shape index (κ2) is 14.5. The van der Waals surface area contributed by atoms with Gasteiger partial charge in [-0.25, -0.2) is 8.42 Å². The Hall–Kier alpha value is -3.36. The predicted molar refractivity (Wildman–Crippen MR) is 167 cm³/mol. The fourth-order valence-corrected chi connectivity index (χ4v) is 5.65. The van der Waals surface area contributed by atoms with Gasteiger partial charge < -0.3 is 10.2 Å². The zero-order valence-corrected chi connectivity index (χ0v) is 26.0. The van der Waals surface area contributed by atoms with Crippen LogP contribution in [0.2, 0.25) is 5.02 Å². The largest absolute Gasteiger partial charge is 0.354 e. The molecule has 3 aromatic carbocycles. The SMILES string of the molecule is CC(C)CNC(=O)[C@H](Cc1ccccc1)N(Cc1ccccc1Cl)C(=O)CN(c1ccccc1C(C)C)S(C)(=O)=O. The first-order valence-electron chi connectivity index (χ1n) is 13.8. The molecule has 0 spiro atoms. The molecule has 0 bridgehead atoms. The minimum atomic E-state index is -3.85.